The Morgan fingerprint density at radius 1 is 1.00 bits per heavy atom. The van der Waals surface area contributed by atoms with Crippen LogP contribution in [0.2, 0.25) is 0 Å². The molecule has 0 aliphatic heterocycles. The van der Waals surface area contributed by atoms with Crippen LogP contribution in [0, 0.1) is 6.92 Å². The molecule has 1 heterocycles. The standard InChI is InChI=1S/C24H25N3O5/c1-17-6-3-8-19(12-17)26-22(28)14-25-23(29)16-27(15-21-10-5-11-32-21)24(30)18-7-4-9-20(13-18)31-2/h3-13H,14-16H2,1-2H3,(H,25,29)(H,26,28). The van der Waals surface area contributed by atoms with E-state index in [0.717, 1.165) is 5.56 Å². The average Bonchev–Trinajstić information content (AvgIpc) is 3.30. The number of hydrogen-bond acceptors (Lipinski definition) is 5. The first-order valence-electron chi connectivity index (χ1n) is 10.0. The fourth-order valence-electron chi connectivity index (χ4n) is 3.06. The summed E-state index contributed by atoms with van der Waals surface area (Å²) < 4.78 is 10.5. The first kappa shape index (κ1) is 22.6. The van der Waals surface area contributed by atoms with E-state index in [1.54, 1.807) is 42.5 Å². The lowest BCUT2D eigenvalue weighted by Crippen LogP contribution is -2.42. The molecule has 8 nitrogen and oxygen atoms in total. The molecule has 0 saturated carbocycles. The van der Waals surface area contributed by atoms with Gasteiger partial charge in [-0.15, -0.1) is 0 Å². The Morgan fingerprint density at radius 3 is 2.53 bits per heavy atom. The Morgan fingerprint density at radius 2 is 1.81 bits per heavy atom. The Hall–Kier alpha value is -4.07. The number of nitrogens with one attached hydrogen (secondary N) is 2. The van der Waals surface area contributed by atoms with E-state index < -0.39 is 5.91 Å². The molecule has 3 rings (SSSR count). The van der Waals surface area contributed by atoms with E-state index in [0.29, 0.717) is 22.8 Å². The normalized spacial score (nSPS) is 10.3. The molecule has 0 bridgehead atoms. The number of rotatable bonds is 9. The van der Waals surface area contributed by atoms with Crippen molar-refractivity contribution in [1.82, 2.24) is 10.2 Å². The van der Waals surface area contributed by atoms with E-state index in [1.807, 2.05) is 25.1 Å². The SMILES string of the molecule is COc1cccc(C(=O)N(CC(=O)NCC(=O)Nc2cccc(C)c2)Cc2ccco2)c1. The van der Waals surface area contributed by atoms with Gasteiger partial charge in [-0.25, -0.2) is 0 Å². The summed E-state index contributed by atoms with van der Waals surface area (Å²) in [5, 5.41) is 5.28. The molecule has 8 heteroatoms. The number of nitrogens with zero attached hydrogens (tertiary/aromatic N) is 1. The van der Waals surface area contributed by atoms with Gasteiger partial charge < -0.3 is 24.7 Å². The molecule has 32 heavy (non-hydrogen) atoms. The maximum atomic E-state index is 13.1. The molecule has 0 aliphatic rings. The van der Waals surface area contributed by atoms with Gasteiger partial charge in [0.05, 0.1) is 26.5 Å². The molecule has 0 fully saturated rings. The highest BCUT2D eigenvalue weighted by atomic mass is 16.5. The number of aryl methyl sites for hydroxylation is 1. The number of anilines is 1. The van der Waals surface area contributed by atoms with E-state index in [4.69, 9.17) is 9.15 Å². The topological polar surface area (TPSA) is 101 Å². The van der Waals surface area contributed by atoms with Crippen LogP contribution >= 0.6 is 0 Å². The van der Waals surface area contributed by atoms with Crippen molar-refractivity contribution < 1.29 is 23.5 Å². The minimum atomic E-state index is -0.466. The fourth-order valence-corrected chi connectivity index (χ4v) is 3.06. The smallest absolute Gasteiger partial charge is 0.254 e. The van der Waals surface area contributed by atoms with Crippen molar-refractivity contribution in [1.29, 1.82) is 0 Å². The third-order valence-corrected chi connectivity index (χ3v) is 4.61. The van der Waals surface area contributed by atoms with Gasteiger partial charge in [0.25, 0.3) is 5.91 Å². The number of amides is 3. The predicted molar refractivity (Wildman–Crippen MR) is 119 cm³/mol. The highest BCUT2D eigenvalue weighted by molar-refractivity contribution is 5.98. The summed E-state index contributed by atoms with van der Waals surface area (Å²) in [6.45, 7) is 1.57. The second-order valence-corrected chi connectivity index (χ2v) is 7.17. The summed E-state index contributed by atoms with van der Waals surface area (Å²) in [7, 11) is 1.51. The first-order chi connectivity index (χ1) is 15.4. The van der Waals surface area contributed by atoms with Gasteiger partial charge in [0.15, 0.2) is 0 Å². The van der Waals surface area contributed by atoms with Crippen molar-refractivity contribution in [2.45, 2.75) is 13.5 Å². The van der Waals surface area contributed by atoms with Gasteiger partial charge in [0.2, 0.25) is 11.8 Å². The van der Waals surface area contributed by atoms with Gasteiger partial charge in [0.1, 0.15) is 18.1 Å². The molecular weight excluding hydrogens is 410 g/mol. The van der Waals surface area contributed by atoms with Gasteiger partial charge >= 0.3 is 0 Å². The number of hydrogen-bond donors (Lipinski definition) is 2. The van der Waals surface area contributed by atoms with E-state index in [9.17, 15) is 14.4 Å². The Balaban J connectivity index is 1.62. The number of carbonyl (C=O) groups excluding carboxylic acids is 3. The van der Waals surface area contributed by atoms with Crippen LogP contribution in [0.5, 0.6) is 5.75 Å². The molecule has 0 radical (unpaired) electrons. The van der Waals surface area contributed by atoms with Gasteiger partial charge in [-0.3, -0.25) is 14.4 Å². The van der Waals surface area contributed by atoms with Crippen molar-refractivity contribution in [2.75, 3.05) is 25.5 Å². The molecule has 0 spiro atoms. The van der Waals surface area contributed by atoms with Crippen LogP contribution in [0.4, 0.5) is 5.69 Å². The number of carbonyl (C=O) groups is 3. The van der Waals surface area contributed by atoms with E-state index in [2.05, 4.69) is 10.6 Å². The maximum absolute atomic E-state index is 13.1. The molecule has 0 unspecified atom stereocenters. The fraction of sp³-hybridized carbons (Fsp3) is 0.208. The molecule has 0 aliphatic carbocycles. The third kappa shape index (κ3) is 6.46. The van der Waals surface area contributed by atoms with Crippen LogP contribution in [0.1, 0.15) is 21.7 Å². The van der Waals surface area contributed by atoms with Crippen LogP contribution in [0.3, 0.4) is 0 Å². The highest BCUT2D eigenvalue weighted by Gasteiger charge is 2.21. The molecule has 0 atom stereocenters. The van der Waals surface area contributed by atoms with Gasteiger partial charge in [0, 0.05) is 11.3 Å². The lowest BCUT2D eigenvalue weighted by molar-refractivity contribution is -0.124. The zero-order chi connectivity index (χ0) is 22.9. The van der Waals surface area contributed by atoms with Crippen molar-refractivity contribution >= 4 is 23.4 Å². The second kappa shape index (κ2) is 10.8. The van der Waals surface area contributed by atoms with Crippen LogP contribution in [-0.2, 0) is 16.1 Å². The Bertz CT molecular complexity index is 1080. The first-order valence-corrected chi connectivity index (χ1v) is 10.0. The molecule has 1 aromatic heterocycles. The minimum Gasteiger partial charge on any atom is -0.497 e. The quantitative estimate of drug-likeness (QED) is 0.538. The van der Waals surface area contributed by atoms with Crippen molar-refractivity contribution in [3.63, 3.8) is 0 Å². The summed E-state index contributed by atoms with van der Waals surface area (Å²) >= 11 is 0. The lowest BCUT2D eigenvalue weighted by Gasteiger charge is -2.21. The van der Waals surface area contributed by atoms with Crippen molar-refractivity contribution in [3.8, 4) is 5.75 Å². The van der Waals surface area contributed by atoms with Crippen LogP contribution in [0.15, 0.2) is 71.3 Å². The molecule has 3 aromatic rings. The lowest BCUT2D eigenvalue weighted by atomic mass is 10.2. The summed E-state index contributed by atoms with van der Waals surface area (Å²) in [6, 6.07) is 17.5. The van der Waals surface area contributed by atoms with Crippen molar-refractivity contribution in [3.05, 3.63) is 83.8 Å². The molecule has 2 N–H and O–H groups in total. The molecule has 3 amide bonds. The summed E-state index contributed by atoms with van der Waals surface area (Å²) in [6.07, 6.45) is 1.50. The largest absolute Gasteiger partial charge is 0.497 e. The Kier molecular flexibility index (Phi) is 7.64. The maximum Gasteiger partial charge on any atom is 0.254 e. The molecular formula is C24H25N3O5. The average molecular weight is 435 g/mol. The molecule has 0 saturated heterocycles. The van der Waals surface area contributed by atoms with Gasteiger partial charge in [-0.2, -0.15) is 0 Å². The molecule has 166 valence electrons. The van der Waals surface area contributed by atoms with Crippen molar-refractivity contribution in [2.24, 2.45) is 0 Å². The van der Waals surface area contributed by atoms with E-state index in [1.165, 1.54) is 18.3 Å². The second-order valence-electron chi connectivity index (χ2n) is 7.17. The summed E-state index contributed by atoms with van der Waals surface area (Å²) in [5.74, 6) is -0.121. The number of methoxy groups -OCH3 is 1. The van der Waals surface area contributed by atoms with E-state index in [-0.39, 0.29) is 31.4 Å². The molecule has 2 aromatic carbocycles. The number of furan rings is 1. The highest BCUT2D eigenvalue weighted by Crippen LogP contribution is 2.16. The summed E-state index contributed by atoms with van der Waals surface area (Å²) in [5.41, 5.74) is 2.04. The van der Waals surface area contributed by atoms with Crippen LogP contribution in [-0.4, -0.2) is 42.8 Å². The zero-order valence-electron chi connectivity index (χ0n) is 18.0. The number of ether oxygens (including phenoxy) is 1. The minimum absolute atomic E-state index is 0.103. The van der Waals surface area contributed by atoms with Crippen LogP contribution in [0.25, 0.3) is 0 Å². The van der Waals surface area contributed by atoms with Crippen LogP contribution < -0.4 is 15.4 Å². The zero-order valence-corrected chi connectivity index (χ0v) is 18.0. The Labute approximate surface area is 186 Å². The predicted octanol–water partition coefficient (Wildman–Crippen LogP) is 2.99. The van der Waals surface area contributed by atoms with Gasteiger partial charge in [-0.1, -0.05) is 18.2 Å². The van der Waals surface area contributed by atoms with E-state index >= 15 is 0 Å². The van der Waals surface area contributed by atoms with Gasteiger partial charge in [-0.05, 0) is 55.0 Å². The summed E-state index contributed by atoms with van der Waals surface area (Å²) in [4.78, 5) is 39.1. The number of benzene rings is 2. The monoisotopic (exact) mass is 435 g/mol. The third-order valence-electron chi connectivity index (χ3n) is 4.61.